The molecule has 0 aromatic rings. The fraction of sp³-hybridized carbons (Fsp3) is 1.00. The molecule has 1 heteroatoms. The van der Waals surface area contributed by atoms with Crippen LogP contribution in [0.1, 0.15) is 73.6 Å². The Morgan fingerprint density at radius 2 is 1.73 bits per heavy atom. The molecule has 0 rings (SSSR count). The van der Waals surface area contributed by atoms with Crippen molar-refractivity contribution in [3.63, 3.8) is 0 Å². The monoisotopic (exact) mass is 214 g/mol. The van der Waals surface area contributed by atoms with Gasteiger partial charge in [-0.25, -0.2) is 0 Å². The van der Waals surface area contributed by atoms with Crippen molar-refractivity contribution in [2.75, 3.05) is 0 Å². The Morgan fingerprint density at radius 1 is 1.13 bits per heavy atom. The fourth-order valence-corrected chi connectivity index (χ4v) is 2.32. The summed E-state index contributed by atoms with van der Waals surface area (Å²) in [4.78, 5) is 0. The lowest BCUT2D eigenvalue weighted by atomic mass is 9.87. The molecule has 1 atom stereocenters. The molecule has 0 aromatic heterocycles. The second kappa shape index (κ2) is 7.27. The Balaban J connectivity index is 4.02. The zero-order valence-electron chi connectivity index (χ0n) is 11.6. The Morgan fingerprint density at radius 3 is 2.13 bits per heavy atom. The molecule has 0 fully saturated rings. The van der Waals surface area contributed by atoms with Crippen molar-refractivity contribution in [3.05, 3.63) is 0 Å². The lowest BCUT2D eigenvalue weighted by molar-refractivity contribution is -0.0698. The quantitative estimate of drug-likeness (QED) is 0.564. The van der Waals surface area contributed by atoms with Crippen LogP contribution in [-0.2, 0) is 4.74 Å². The maximum atomic E-state index is 5.95. The Labute approximate surface area is 96.6 Å². The highest BCUT2D eigenvalue weighted by Gasteiger charge is 2.23. The van der Waals surface area contributed by atoms with Gasteiger partial charge in [0.2, 0.25) is 0 Å². The third kappa shape index (κ3) is 7.84. The zero-order valence-corrected chi connectivity index (χ0v) is 11.6. The van der Waals surface area contributed by atoms with Gasteiger partial charge in [0.1, 0.15) is 0 Å². The second-order valence-corrected chi connectivity index (χ2v) is 5.55. The fourth-order valence-electron chi connectivity index (χ4n) is 2.32. The number of hydrogen-bond donors (Lipinski definition) is 0. The summed E-state index contributed by atoms with van der Waals surface area (Å²) in [6.45, 7) is 13.3. The van der Waals surface area contributed by atoms with E-state index in [1.165, 1.54) is 32.1 Å². The van der Waals surface area contributed by atoms with Gasteiger partial charge >= 0.3 is 0 Å². The molecule has 1 nitrogen and oxygen atoms in total. The lowest BCUT2D eigenvalue weighted by Gasteiger charge is -2.31. The molecule has 0 bridgehead atoms. The van der Waals surface area contributed by atoms with E-state index in [2.05, 4.69) is 41.5 Å². The van der Waals surface area contributed by atoms with Crippen molar-refractivity contribution in [2.24, 2.45) is 5.92 Å². The van der Waals surface area contributed by atoms with E-state index in [0.29, 0.717) is 6.10 Å². The smallest absolute Gasteiger partial charge is 0.0632 e. The van der Waals surface area contributed by atoms with E-state index in [1.54, 1.807) is 0 Å². The van der Waals surface area contributed by atoms with E-state index in [-0.39, 0.29) is 5.60 Å². The van der Waals surface area contributed by atoms with Crippen LogP contribution in [0.5, 0.6) is 0 Å². The molecule has 0 aliphatic rings. The summed E-state index contributed by atoms with van der Waals surface area (Å²) < 4.78 is 5.95. The van der Waals surface area contributed by atoms with E-state index >= 15 is 0 Å². The molecule has 92 valence electrons. The summed E-state index contributed by atoms with van der Waals surface area (Å²) in [5.41, 5.74) is 0.0442. The molecule has 0 heterocycles. The normalized spacial score (nSPS) is 14.6. The molecule has 0 aromatic carbocycles. The van der Waals surface area contributed by atoms with Gasteiger partial charge in [-0.3, -0.25) is 0 Å². The minimum atomic E-state index is 0.0442. The van der Waals surface area contributed by atoms with E-state index in [4.69, 9.17) is 4.74 Å². The van der Waals surface area contributed by atoms with Crippen molar-refractivity contribution in [2.45, 2.75) is 85.4 Å². The van der Waals surface area contributed by atoms with E-state index < -0.39 is 0 Å². The summed E-state index contributed by atoms with van der Waals surface area (Å²) >= 11 is 0. The first-order valence-corrected chi connectivity index (χ1v) is 6.59. The highest BCUT2D eigenvalue weighted by Crippen LogP contribution is 2.27. The van der Waals surface area contributed by atoms with Crippen molar-refractivity contribution in [3.8, 4) is 0 Å². The summed E-state index contributed by atoms with van der Waals surface area (Å²) in [6.07, 6.45) is 6.84. The molecular formula is C14H30O. The molecule has 1 unspecified atom stereocenters. The summed E-state index contributed by atoms with van der Waals surface area (Å²) in [5.74, 6) is 0.832. The third-order valence-electron chi connectivity index (χ3n) is 2.88. The van der Waals surface area contributed by atoms with Crippen LogP contribution in [0.15, 0.2) is 0 Å². The summed E-state index contributed by atoms with van der Waals surface area (Å²) in [7, 11) is 0. The highest BCUT2D eigenvalue weighted by molar-refractivity contribution is 4.74. The van der Waals surface area contributed by atoms with Crippen LogP contribution >= 0.6 is 0 Å². The summed E-state index contributed by atoms with van der Waals surface area (Å²) in [6, 6.07) is 0. The van der Waals surface area contributed by atoms with Crippen molar-refractivity contribution in [1.82, 2.24) is 0 Å². The van der Waals surface area contributed by atoms with Crippen LogP contribution in [0.2, 0.25) is 0 Å². The summed E-state index contributed by atoms with van der Waals surface area (Å²) in [5, 5.41) is 0. The van der Waals surface area contributed by atoms with Gasteiger partial charge in [-0.05, 0) is 40.0 Å². The number of ether oxygens (including phenoxy) is 1. The molecule has 0 spiro atoms. The van der Waals surface area contributed by atoms with Crippen molar-refractivity contribution in [1.29, 1.82) is 0 Å². The zero-order chi connectivity index (χ0) is 11.9. The molecule has 0 aliphatic heterocycles. The van der Waals surface area contributed by atoms with Gasteiger partial charge in [-0.2, -0.15) is 0 Å². The standard InChI is InChI=1S/C14H30O/c1-7-9-10-13(8-2)11-14(5,6)15-12(3)4/h12-13H,7-11H2,1-6H3. The van der Waals surface area contributed by atoms with Gasteiger partial charge in [-0.15, -0.1) is 0 Å². The molecule has 0 aliphatic carbocycles. The van der Waals surface area contributed by atoms with Crippen molar-refractivity contribution < 1.29 is 4.74 Å². The highest BCUT2D eigenvalue weighted by atomic mass is 16.5. The van der Waals surface area contributed by atoms with E-state index in [1.807, 2.05) is 0 Å². The first-order chi connectivity index (χ1) is 6.91. The predicted molar refractivity (Wildman–Crippen MR) is 68.2 cm³/mol. The third-order valence-corrected chi connectivity index (χ3v) is 2.88. The maximum Gasteiger partial charge on any atom is 0.0632 e. The van der Waals surface area contributed by atoms with Crippen LogP contribution in [-0.4, -0.2) is 11.7 Å². The van der Waals surface area contributed by atoms with Gasteiger partial charge < -0.3 is 4.74 Å². The van der Waals surface area contributed by atoms with Gasteiger partial charge in [0.05, 0.1) is 11.7 Å². The topological polar surface area (TPSA) is 9.23 Å². The number of unbranched alkanes of at least 4 members (excludes halogenated alkanes) is 1. The van der Waals surface area contributed by atoms with Gasteiger partial charge in [0.25, 0.3) is 0 Å². The van der Waals surface area contributed by atoms with Crippen LogP contribution in [0.25, 0.3) is 0 Å². The Kier molecular flexibility index (Phi) is 7.25. The molecule has 0 N–H and O–H groups in total. The van der Waals surface area contributed by atoms with Gasteiger partial charge in [0.15, 0.2) is 0 Å². The lowest BCUT2D eigenvalue weighted by Crippen LogP contribution is -2.30. The Bertz CT molecular complexity index is 149. The number of hydrogen-bond acceptors (Lipinski definition) is 1. The molecule has 0 saturated carbocycles. The maximum absolute atomic E-state index is 5.95. The molecule has 15 heavy (non-hydrogen) atoms. The second-order valence-electron chi connectivity index (χ2n) is 5.55. The molecule has 0 saturated heterocycles. The minimum absolute atomic E-state index is 0.0442. The predicted octanol–water partition coefficient (Wildman–Crippen LogP) is 4.80. The first-order valence-electron chi connectivity index (χ1n) is 6.59. The van der Waals surface area contributed by atoms with Crippen LogP contribution < -0.4 is 0 Å². The van der Waals surface area contributed by atoms with Crippen LogP contribution in [0.4, 0.5) is 0 Å². The number of rotatable bonds is 8. The van der Waals surface area contributed by atoms with E-state index in [0.717, 1.165) is 5.92 Å². The Hall–Kier alpha value is -0.0400. The average molecular weight is 214 g/mol. The van der Waals surface area contributed by atoms with Gasteiger partial charge in [0, 0.05) is 0 Å². The van der Waals surface area contributed by atoms with Crippen LogP contribution in [0.3, 0.4) is 0 Å². The molecule has 0 amide bonds. The molecule has 0 radical (unpaired) electrons. The van der Waals surface area contributed by atoms with Gasteiger partial charge in [-0.1, -0.05) is 39.5 Å². The van der Waals surface area contributed by atoms with Crippen molar-refractivity contribution >= 4 is 0 Å². The molecular weight excluding hydrogens is 184 g/mol. The largest absolute Gasteiger partial charge is 0.373 e. The average Bonchev–Trinajstić information content (AvgIpc) is 2.09. The SMILES string of the molecule is CCCCC(CC)CC(C)(C)OC(C)C. The van der Waals surface area contributed by atoms with Crippen LogP contribution in [0, 0.1) is 5.92 Å². The first kappa shape index (κ1) is 15.0. The minimum Gasteiger partial charge on any atom is -0.373 e. The van der Waals surface area contributed by atoms with E-state index in [9.17, 15) is 0 Å².